The highest BCUT2D eigenvalue weighted by Gasteiger charge is 2.23. The van der Waals surface area contributed by atoms with E-state index in [1.54, 1.807) is 18.5 Å². The third-order valence-electron chi connectivity index (χ3n) is 3.67. The number of hydrogen-bond acceptors (Lipinski definition) is 6. The van der Waals surface area contributed by atoms with Gasteiger partial charge in [-0.05, 0) is 40.0 Å². The van der Waals surface area contributed by atoms with Gasteiger partial charge in [-0.2, -0.15) is 8.42 Å². The van der Waals surface area contributed by atoms with Gasteiger partial charge in [0.15, 0.2) is 0 Å². The molecule has 3 rings (SSSR count). The van der Waals surface area contributed by atoms with Crippen LogP contribution < -0.4 is 10.2 Å². The van der Waals surface area contributed by atoms with Crippen LogP contribution in [0, 0.1) is 0 Å². The SMILES string of the molecule is CS(=O)(=O)O.Clc1ccc(CNC2CCN(c3ncc(Br)cn3)C2)c(Cl)c1. The molecule has 27 heavy (non-hydrogen) atoms. The summed E-state index contributed by atoms with van der Waals surface area (Å²) < 4.78 is 26.8. The Labute approximate surface area is 177 Å². The molecule has 1 aliphatic rings. The predicted molar refractivity (Wildman–Crippen MR) is 111 cm³/mol. The van der Waals surface area contributed by atoms with Crippen LogP contribution in [0.25, 0.3) is 0 Å². The van der Waals surface area contributed by atoms with E-state index in [2.05, 4.69) is 36.1 Å². The summed E-state index contributed by atoms with van der Waals surface area (Å²) in [4.78, 5) is 10.9. The van der Waals surface area contributed by atoms with E-state index in [4.69, 9.17) is 27.8 Å². The smallest absolute Gasteiger partial charge is 0.261 e. The van der Waals surface area contributed by atoms with Crippen molar-refractivity contribution in [3.05, 3.63) is 50.7 Å². The monoisotopic (exact) mass is 496 g/mol. The van der Waals surface area contributed by atoms with Gasteiger partial charge >= 0.3 is 0 Å². The third kappa shape index (κ3) is 8.28. The van der Waals surface area contributed by atoms with Crippen LogP contribution in [0.1, 0.15) is 12.0 Å². The zero-order chi connectivity index (χ0) is 20.0. The van der Waals surface area contributed by atoms with Crippen molar-refractivity contribution < 1.29 is 13.0 Å². The number of benzene rings is 1. The first-order valence-electron chi connectivity index (χ1n) is 7.94. The molecule has 0 amide bonds. The molecule has 1 atom stereocenters. The van der Waals surface area contributed by atoms with E-state index in [1.165, 1.54) is 0 Å². The maximum Gasteiger partial charge on any atom is 0.261 e. The number of halogens is 3. The molecule has 2 N–H and O–H groups in total. The standard InChI is InChI=1S/C15H15BrCl2N4.CH4O3S/c16-11-7-20-15(21-8-11)22-4-3-13(9-22)19-6-10-1-2-12(17)5-14(10)18;1-5(2,3)4/h1-2,5,7-8,13,19H,3-4,6,9H2;1H3,(H,2,3,4). The van der Waals surface area contributed by atoms with Gasteiger partial charge in [-0.3, -0.25) is 4.55 Å². The minimum Gasteiger partial charge on any atom is -0.339 e. The van der Waals surface area contributed by atoms with E-state index in [0.29, 0.717) is 22.3 Å². The molecule has 1 saturated heterocycles. The van der Waals surface area contributed by atoms with Crippen LogP contribution in [0.15, 0.2) is 35.1 Å². The summed E-state index contributed by atoms with van der Waals surface area (Å²) in [7, 11) is -3.67. The van der Waals surface area contributed by atoms with Gasteiger partial charge < -0.3 is 10.2 Å². The summed E-state index contributed by atoms with van der Waals surface area (Å²) >= 11 is 15.5. The Morgan fingerprint density at radius 2 is 1.96 bits per heavy atom. The number of rotatable bonds is 4. The first kappa shape index (κ1) is 22.3. The number of anilines is 1. The highest BCUT2D eigenvalue weighted by Crippen LogP contribution is 2.22. The minimum atomic E-state index is -3.67. The Bertz CT molecular complexity index is 860. The molecule has 0 aliphatic carbocycles. The van der Waals surface area contributed by atoms with Gasteiger partial charge in [0.1, 0.15) is 0 Å². The topological polar surface area (TPSA) is 95.4 Å². The Kier molecular flexibility index (Phi) is 8.26. The number of nitrogens with one attached hydrogen (secondary N) is 1. The molecule has 11 heteroatoms. The fraction of sp³-hybridized carbons (Fsp3) is 0.375. The van der Waals surface area contributed by atoms with Crippen LogP contribution in [0.5, 0.6) is 0 Å². The predicted octanol–water partition coefficient (Wildman–Crippen LogP) is 3.42. The van der Waals surface area contributed by atoms with E-state index in [-0.39, 0.29) is 0 Å². The second-order valence-electron chi connectivity index (χ2n) is 5.98. The van der Waals surface area contributed by atoms with Crippen LogP contribution in [0.3, 0.4) is 0 Å². The maximum absolute atomic E-state index is 9.19. The molecule has 0 radical (unpaired) electrons. The molecule has 1 aliphatic heterocycles. The van der Waals surface area contributed by atoms with Crippen LogP contribution >= 0.6 is 39.1 Å². The van der Waals surface area contributed by atoms with Crippen LogP contribution in [0.2, 0.25) is 10.0 Å². The van der Waals surface area contributed by atoms with Crippen molar-refractivity contribution in [3.8, 4) is 0 Å². The summed E-state index contributed by atoms with van der Waals surface area (Å²) in [5.74, 6) is 0.775. The molecule has 7 nitrogen and oxygen atoms in total. The molecule has 0 bridgehead atoms. The second-order valence-corrected chi connectivity index (χ2v) is 9.21. The first-order chi connectivity index (χ1) is 12.6. The van der Waals surface area contributed by atoms with Crippen molar-refractivity contribution in [1.29, 1.82) is 0 Å². The van der Waals surface area contributed by atoms with Crippen LogP contribution in [-0.2, 0) is 16.7 Å². The van der Waals surface area contributed by atoms with Crippen molar-refractivity contribution in [3.63, 3.8) is 0 Å². The largest absolute Gasteiger partial charge is 0.339 e. The lowest BCUT2D eigenvalue weighted by molar-refractivity contribution is 0.490. The Balaban J connectivity index is 0.000000465. The number of nitrogens with zero attached hydrogens (tertiary/aromatic N) is 3. The zero-order valence-corrected chi connectivity index (χ0v) is 18.4. The summed E-state index contributed by atoms with van der Waals surface area (Å²) in [5.41, 5.74) is 1.06. The van der Waals surface area contributed by atoms with Crippen LogP contribution in [0.4, 0.5) is 5.95 Å². The molecule has 0 spiro atoms. The summed E-state index contributed by atoms with van der Waals surface area (Å²) in [6.45, 7) is 2.58. The first-order valence-corrected chi connectivity index (χ1v) is 11.3. The Hall–Kier alpha value is -0.970. The van der Waals surface area contributed by atoms with Gasteiger partial charge in [-0.15, -0.1) is 0 Å². The quantitative estimate of drug-likeness (QED) is 0.624. The van der Waals surface area contributed by atoms with Crippen molar-refractivity contribution in [2.45, 2.75) is 19.0 Å². The van der Waals surface area contributed by atoms with E-state index in [0.717, 1.165) is 42.0 Å². The van der Waals surface area contributed by atoms with Crippen molar-refractivity contribution in [2.75, 3.05) is 24.2 Å². The van der Waals surface area contributed by atoms with Crippen molar-refractivity contribution in [2.24, 2.45) is 0 Å². The lowest BCUT2D eigenvalue weighted by Gasteiger charge is -2.17. The van der Waals surface area contributed by atoms with Gasteiger partial charge in [0.2, 0.25) is 5.95 Å². The molecule has 1 aromatic carbocycles. The van der Waals surface area contributed by atoms with E-state index >= 15 is 0 Å². The normalized spacial score (nSPS) is 16.8. The van der Waals surface area contributed by atoms with E-state index < -0.39 is 10.1 Å². The molecule has 1 fully saturated rings. The van der Waals surface area contributed by atoms with Gasteiger partial charge in [0.25, 0.3) is 10.1 Å². The van der Waals surface area contributed by atoms with Crippen molar-refractivity contribution >= 4 is 55.2 Å². The van der Waals surface area contributed by atoms with Gasteiger partial charge in [0.05, 0.1) is 10.7 Å². The molecular weight excluding hydrogens is 479 g/mol. The van der Waals surface area contributed by atoms with E-state index in [1.807, 2.05) is 12.1 Å². The molecule has 1 aromatic heterocycles. The lowest BCUT2D eigenvalue weighted by Crippen LogP contribution is -2.32. The van der Waals surface area contributed by atoms with Crippen molar-refractivity contribution in [1.82, 2.24) is 15.3 Å². The second kappa shape index (κ2) is 9.99. The fourth-order valence-corrected chi connectivity index (χ4v) is 3.18. The molecule has 2 aromatic rings. The molecular formula is C16H19BrCl2N4O3S. The van der Waals surface area contributed by atoms with Crippen LogP contribution in [-0.4, -0.2) is 48.3 Å². The average Bonchev–Trinajstić information content (AvgIpc) is 3.02. The number of aromatic nitrogens is 2. The van der Waals surface area contributed by atoms with Gasteiger partial charge in [0, 0.05) is 48.1 Å². The average molecular weight is 498 g/mol. The third-order valence-corrected chi connectivity index (χ3v) is 4.67. The highest BCUT2D eigenvalue weighted by atomic mass is 79.9. The fourth-order valence-electron chi connectivity index (χ4n) is 2.50. The summed E-state index contributed by atoms with van der Waals surface area (Å²) in [5, 5.41) is 4.90. The lowest BCUT2D eigenvalue weighted by atomic mass is 10.2. The molecule has 1 unspecified atom stereocenters. The highest BCUT2D eigenvalue weighted by molar-refractivity contribution is 9.10. The molecule has 148 valence electrons. The Morgan fingerprint density at radius 3 is 2.56 bits per heavy atom. The summed E-state index contributed by atoms with van der Waals surface area (Å²) in [6, 6.07) is 6.00. The minimum absolute atomic E-state index is 0.402. The Morgan fingerprint density at radius 1 is 1.33 bits per heavy atom. The molecule has 2 heterocycles. The van der Waals surface area contributed by atoms with E-state index in [9.17, 15) is 8.42 Å². The van der Waals surface area contributed by atoms with Gasteiger partial charge in [-0.25, -0.2) is 9.97 Å². The zero-order valence-electron chi connectivity index (χ0n) is 14.4. The summed E-state index contributed by atoms with van der Waals surface area (Å²) in [6.07, 6.45) is 5.32. The maximum atomic E-state index is 9.19. The van der Waals surface area contributed by atoms with Gasteiger partial charge in [-0.1, -0.05) is 29.3 Å². The molecule has 0 saturated carbocycles. The number of hydrogen-bond donors (Lipinski definition) is 2.